The van der Waals surface area contributed by atoms with Crippen molar-refractivity contribution in [1.82, 2.24) is 9.80 Å². The second-order valence-corrected chi connectivity index (χ2v) is 8.77. The zero-order valence-electron chi connectivity index (χ0n) is 17.8. The molecule has 1 aromatic rings. The molecule has 6 heteroatoms. The fourth-order valence-electron chi connectivity index (χ4n) is 3.81. The first-order valence-electron chi connectivity index (χ1n) is 11.0. The summed E-state index contributed by atoms with van der Waals surface area (Å²) >= 11 is 0. The molecule has 1 aromatic carbocycles. The summed E-state index contributed by atoms with van der Waals surface area (Å²) in [5, 5.41) is 0. The number of rotatable bonds is 10. The van der Waals surface area contributed by atoms with E-state index in [4.69, 9.17) is 10.5 Å². The number of benzene rings is 1. The van der Waals surface area contributed by atoms with E-state index in [0.717, 1.165) is 69.7 Å². The third-order valence-electron chi connectivity index (χ3n) is 5.70. The van der Waals surface area contributed by atoms with E-state index < -0.39 is 0 Å². The number of ketones is 1. The van der Waals surface area contributed by atoms with E-state index in [0.29, 0.717) is 12.5 Å². The van der Waals surface area contributed by atoms with Crippen molar-refractivity contribution < 1.29 is 14.3 Å². The maximum absolute atomic E-state index is 12.4. The van der Waals surface area contributed by atoms with E-state index in [1.807, 2.05) is 29.2 Å². The Labute approximate surface area is 174 Å². The van der Waals surface area contributed by atoms with Crippen molar-refractivity contribution in [3.05, 3.63) is 29.8 Å². The van der Waals surface area contributed by atoms with Gasteiger partial charge in [-0.1, -0.05) is 13.8 Å². The molecule has 29 heavy (non-hydrogen) atoms. The lowest BCUT2D eigenvalue weighted by Gasteiger charge is -2.36. The van der Waals surface area contributed by atoms with E-state index in [1.54, 1.807) is 0 Å². The highest BCUT2D eigenvalue weighted by Crippen LogP contribution is 2.32. The fraction of sp³-hybridized carbons (Fsp3) is 0.652. The third kappa shape index (κ3) is 6.54. The topological polar surface area (TPSA) is 75.9 Å². The van der Waals surface area contributed by atoms with E-state index in [-0.39, 0.29) is 23.7 Å². The first-order chi connectivity index (χ1) is 13.9. The van der Waals surface area contributed by atoms with Crippen LogP contribution in [0.4, 0.5) is 0 Å². The van der Waals surface area contributed by atoms with Crippen LogP contribution in [0.25, 0.3) is 0 Å². The van der Waals surface area contributed by atoms with E-state index in [1.165, 1.54) is 0 Å². The normalized spacial score (nSPS) is 18.7. The summed E-state index contributed by atoms with van der Waals surface area (Å²) < 4.78 is 5.82. The Hall–Kier alpha value is -1.92. The number of ether oxygens (including phenoxy) is 1. The second-order valence-electron chi connectivity index (χ2n) is 8.77. The molecule has 1 heterocycles. The smallest absolute Gasteiger partial charge is 0.239 e. The molecule has 2 aliphatic rings. The summed E-state index contributed by atoms with van der Waals surface area (Å²) in [6, 6.07) is 7.15. The number of piperazine rings is 1. The highest BCUT2D eigenvalue weighted by molar-refractivity contribution is 5.99. The van der Waals surface area contributed by atoms with E-state index in [2.05, 4.69) is 18.7 Å². The minimum atomic E-state index is -0.374. The fourth-order valence-corrected chi connectivity index (χ4v) is 3.81. The Morgan fingerprint density at radius 3 is 2.34 bits per heavy atom. The van der Waals surface area contributed by atoms with Crippen LogP contribution in [0, 0.1) is 11.8 Å². The number of nitrogens with two attached hydrogens (primary N) is 1. The minimum absolute atomic E-state index is 0.0882. The van der Waals surface area contributed by atoms with Gasteiger partial charge in [0.1, 0.15) is 5.75 Å². The largest absolute Gasteiger partial charge is 0.494 e. The van der Waals surface area contributed by atoms with Crippen LogP contribution in [0.1, 0.15) is 49.9 Å². The molecule has 1 aliphatic carbocycles. The van der Waals surface area contributed by atoms with Crippen molar-refractivity contribution in [2.45, 2.75) is 45.6 Å². The quantitative estimate of drug-likeness (QED) is 0.482. The summed E-state index contributed by atoms with van der Waals surface area (Å²) in [4.78, 5) is 28.7. The summed E-state index contributed by atoms with van der Waals surface area (Å²) in [5.41, 5.74) is 6.83. The molecule has 0 aromatic heterocycles. The van der Waals surface area contributed by atoms with Gasteiger partial charge in [-0.3, -0.25) is 14.5 Å². The Bertz CT molecular complexity index is 677. The summed E-state index contributed by atoms with van der Waals surface area (Å²) in [6.45, 7) is 9.07. The highest BCUT2D eigenvalue weighted by Gasteiger charge is 2.30. The zero-order valence-corrected chi connectivity index (χ0v) is 17.8. The maximum atomic E-state index is 12.4. The van der Waals surface area contributed by atoms with Crippen LogP contribution in [0.15, 0.2) is 24.3 Å². The minimum Gasteiger partial charge on any atom is -0.494 e. The first-order valence-corrected chi connectivity index (χ1v) is 11.0. The molecule has 2 N–H and O–H groups in total. The molecule has 3 rings (SSSR count). The van der Waals surface area contributed by atoms with E-state index in [9.17, 15) is 9.59 Å². The average Bonchev–Trinajstić information content (AvgIpc) is 3.56. The molecule has 1 aliphatic heterocycles. The van der Waals surface area contributed by atoms with Gasteiger partial charge < -0.3 is 15.4 Å². The Balaban J connectivity index is 1.31. The van der Waals surface area contributed by atoms with Gasteiger partial charge in [-0.05, 0) is 55.9 Å². The highest BCUT2D eigenvalue weighted by atomic mass is 16.5. The van der Waals surface area contributed by atoms with Gasteiger partial charge in [-0.2, -0.15) is 0 Å². The average molecular weight is 402 g/mol. The summed E-state index contributed by atoms with van der Waals surface area (Å²) in [6.07, 6.45) is 3.74. The molecule has 1 saturated heterocycles. The van der Waals surface area contributed by atoms with Gasteiger partial charge in [0.2, 0.25) is 5.91 Å². The predicted octanol–water partition coefficient (Wildman–Crippen LogP) is 2.57. The van der Waals surface area contributed by atoms with Crippen molar-refractivity contribution >= 4 is 11.7 Å². The van der Waals surface area contributed by atoms with Gasteiger partial charge in [0.05, 0.1) is 12.6 Å². The Morgan fingerprint density at radius 1 is 1.10 bits per heavy atom. The van der Waals surface area contributed by atoms with Gasteiger partial charge in [0, 0.05) is 44.2 Å². The van der Waals surface area contributed by atoms with E-state index >= 15 is 0 Å². The molecule has 2 fully saturated rings. The van der Waals surface area contributed by atoms with Gasteiger partial charge in [0.25, 0.3) is 0 Å². The van der Waals surface area contributed by atoms with Crippen molar-refractivity contribution in [2.24, 2.45) is 17.6 Å². The number of carbonyl (C=O) groups excluding carboxylic acids is 2. The van der Waals surface area contributed by atoms with Crippen LogP contribution in [-0.4, -0.2) is 66.9 Å². The first kappa shape index (κ1) is 21.8. The van der Waals surface area contributed by atoms with Crippen molar-refractivity contribution in [3.63, 3.8) is 0 Å². The molecule has 1 saturated carbocycles. The molecule has 0 radical (unpaired) electrons. The lowest BCUT2D eigenvalue weighted by Crippen LogP contribution is -2.53. The zero-order chi connectivity index (χ0) is 20.8. The molecule has 1 atom stereocenters. The monoisotopic (exact) mass is 401 g/mol. The standard InChI is InChI=1S/C23H35N3O3/c1-17(2)16-21(24)23(28)26-13-11-25(12-14-26)10-3-15-29-20-8-6-19(7-9-20)22(27)18-4-5-18/h6-9,17-18,21H,3-5,10-16,24H2,1-2H3/t21-/m0/s1. The Morgan fingerprint density at radius 2 is 1.76 bits per heavy atom. The van der Waals surface area contributed by atoms with Crippen LogP contribution in [-0.2, 0) is 4.79 Å². The van der Waals surface area contributed by atoms with Crippen LogP contribution < -0.4 is 10.5 Å². The Kier molecular flexibility index (Phi) is 7.67. The predicted molar refractivity (Wildman–Crippen MR) is 114 cm³/mol. The van der Waals surface area contributed by atoms with Crippen LogP contribution in [0.3, 0.4) is 0 Å². The van der Waals surface area contributed by atoms with Gasteiger partial charge in [-0.15, -0.1) is 0 Å². The van der Waals surface area contributed by atoms with Crippen molar-refractivity contribution in [2.75, 3.05) is 39.3 Å². The number of Topliss-reactive ketones (excluding diaryl/α,β-unsaturated/α-hetero) is 1. The molecule has 0 bridgehead atoms. The van der Waals surface area contributed by atoms with Gasteiger partial charge in [0.15, 0.2) is 5.78 Å². The molecule has 6 nitrogen and oxygen atoms in total. The van der Waals surface area contributed by atoms with Crippen molar-refractivity contribution in [3.8, 4) is 5.75 Å². The van der Waals surface area contributed by atoms with Crippen LogP contribution in [0.5, 0.6) is 5.75 Å². The second kappa shape index (κ2) is 10.2. The van der Waals surface area contributed by atoms with Crippen molar-refractivity contribution in [1.29, 1.82) is 0 Å². The summed E-state index contributed by atoms with van der Waals surface area (Å²) in [7, 11) is 0. The molecule has 1 amide bonds. The lowest BCUT2D eigenvalue weighted by molar-refractivity contribution is -0.134. The SMILES string of the molecule is CC(C)C[C@H](N)C(=O)N1CCN(CCCOc2ccc(C(=O)C3CC3)cc2)CC1. The number of hydrogen-bond donors (Lipinski definition) is 1. The van der Waals surface area contributed by atoms with Gasteiger partial charge in [-0.25, -0.2) is 0 Å². The maximum Gasteiger partial charge on any atom is 0.239 e. The molecular weight excluding hydrogens is 366 g/mol. The molecule has 0 spiro atoms. The number of nitrogens with zero attached hydrogens (tertiary/aromatic N) is 2. The molecule has 0 unspecified atom stereocenters. The van der Waals surface area contributed by atoms with Crippen LogP contribution in [0.2, 0.25) is 0 Å². The molecular formula is C23H35N3O3. The third-order valence-corrected chi connectivity index (χ3v) is 5.70. The number of hydrogen-bond acceptors (Lipinski definition) is 5. The number of carbonyl (C=O) groups is 2. The number of amides is 1. The summed E-state index contributed by atoms with van der Waals surface area (Å²) in [5.74, 6) is 1.85. The lowest BCUT2D eigenvalue weighted by atomic mass is 10.0. The van der Waals surface area contributed by atoms with Crippen LogP contribution >= 0.6 is 0 Å². The van der Waals surface area contributed by atoms with Gasteiger partial charge >= 0.3 is 0 Å². The molecule has 160 valence electrons.